The zero-order chi connectivity index (χ0) is 17.9. The maximum Gasteiger partial charge on any atom is 0.348 e. The van der Waals surface area contributed by atoms with Crippen LogP contribution < -0.4 is 11.4 Å². The van der Waals surface area contributed by atoms with E-state index in [0.29, 0.717) is 0 Å². The minimum atomic E-state index is -0.616. The zero-order valence-corrected chi connectivity index (χ0v) is 14.5. The molecule has 0 spiro atoms. The van der Waals surface area contributed by atoms with Gasteiger partial charge in [-0.25, -0.2) is 23.5 Å². The third kappa shape index (κ3) is 1.65. The van der Waals surface area contributed by atoms with Gasteiger partial charge in [0.25, 0.3) is 0 Å². The van der Waals surface area contributed by atoms with Crippen LogP contribution in [0.25, 0.3) is 0 Å². The van der Waals surface area contributed by atoms with E-state index in [4.69, 9.17) is 0 Å². The Morgan fingerprint density at radius 1 is 0.692 bits per heavy atom. The number of hydrogen-bond acceptors (Lipinski definition) is 2. The molecule has 2 aromatic carbocycles. The van der Waals surface area contributed by atoms with Crippen molar-refractivity contribution in [1.29, 1.82) is 0 Å². The van der Waals surface area contributed by atoms with E-state index in [-0.39, 0.29) is 11.4 Å². The van der Waals surface area contributed by atoms with Crippen LogP contribution in [0.3, 0.4) is 0 Å². The van der Waals surface area contributed by atoms with Crippen LogP contribution in [0.1, 0.15) is 24.0 Å². The molecule has 2 atom stereocenters. The van der Waals surface area contributed by atoms with Crippen molar-refractivity contribution in [3.05, 3.63) is 105 Å². The number of nitrogens with zero attached hydrogens (tertiary/aromatic N) is 3. The predicted molar refractivity (Wildman–Crippen MR) is 99.3 cm³/mol. The lowest BCUT2D eigenvalue weighted by molar-refractivity contribution is 0.140. The van der Waals surface area contributed by atoms with Crippen LogP contribution in [0.4, 0.5) is 0 Å². The van der Waals surface area contributed by atoms with E-state index in [2.05, 4.69) is 12.2 Å². The Kier molecular flexibility index (Phi) is 2.91. The molecule has 3 heterocycles. The Bertz CT molecular complexity index is 1050. The summed E-state index contributed by atoms with van der Waals surface area (Å²) in [5.74, 6) is 0. The molecule has 26 heavy (non-hydrogen) atoms. The van der Waals surface area contributed by atoms with Gasteiger partial charge in [-0.3, -0.25) is 0 Å². The third-order valence-corrected chi connectivity index (χ3v) is 5.96. The fourth-order valence-electron chi connectivity index (χ4n) is 4.59. The van der Waals surface area contributed by atoms with Gasteiger partial charge in [0.1, 0.15) is 11.1 Å². The molecule has 2 aliphatic heterocycles. The molecular weight excluding hydrogens is 326 g/mol. The summed E-state index contributed by atoms with van der Waals surface area (Å²) < 4.78 is 4.55. The minimum Gasteiger partial charge on any atom is -0.246 e. The first kappa shape index (κ1) is 15.2. The predicted octanol–water partition coefficient (Wildman–Crippen LogP) is 2.20. The summed E-state index contributed by atoms with van der Waals surface area (Å²) >= 11 is 0. The van der Waals surface area contributed by atoms with E-state index in [1.54, 1.807) is 16.4 Å². The number of benzene rings is 2. The molecule has 5 nitrogen and oxygen atoms in total. The molecule has 6 rings (SSSR count). The molecule has 0 amide bonds. The molecule has 1 aromatic heterocycles. The summed E-state index contributed by atoms with van der Waals surface area (Å²) in [7, 11) is 1.56. The lowest BCUT2D eigenvalue weighted by Gasteiger charge is -2.50. The van der Waals surface area contributed by atoms with Crippen LogP contribution in [0, 0.1) is 0 Å². The van der Waals surface area contributed by atoms with Gasteiger partial charge in [-0.1, -0.05) is 72.8 Å². The van der Waals surface area contributed by atoms with E-state index >= 15 is 0 Å². The molecule has 2 unspecified atom stereocenters. The second-order valence-corrected chi connectivity index (χ2v) is 7.16. The van der Waals surface area contributed by atoms with Gasteiger partial charge >= 0.3 is 11.4 Å². The van der Waals surface area contributed by atoms with E-state index in [0.717, 1.165) is 24.0 Å². The Morgan fingerprint density at radius 3 is 1.42 bits per heavy atom. The Morgan fingerprint density at radius 2 is 1.08 bits per heavy atom. The van der Waals surface area contributed by atoms with Crippen molar-refractivity contribution >= 4 is 0 Å². The SMILES string of the molecule is Cn1c(=O)n2n(c1=O)C1(c3ccccc3)C=CC2(c2ccccc2)CC1. The van der Waals surface area contributed by atoms with Crippen molar-refractivity contribution in [3.8, 4) is 0 Å². The second kappa shape index (κ2) is 4.97. The normalized spacial score (nSPS) is 26.0. The smallest absolute Gasteiger partial charge is 0.246 e. The van der Waals surface area contributed by atoms with E-state index in [1.807, 2.05) is 60.7 Å². The first-order valence-corrected chi connectivity index (χ1v) is 8.84. The first-order valence-electron chi connectivity index (χ1n) is 8.84. The summed E-state index contributed by atoms with van der Waals surface area (Å²) in [4.78, 5) is 26.1. The highest BCUT2D eigenvalue weighted by Gasteiger charge is 2.52. The average Bonchev–Trinajstić information content (AvgIpc) is 2.96. The number of fused-ring (bicyclic) bond motifs is 1. The highest BCUT2D eigenvalue weighted by molar-refractivity contribution is 5.42. The van der Waals surface area contributed by atoms with Gasteiger partial charge in [0, 0.05) is 7.05 Å². The van der Waals surface area contributed by atoms with Gasteiger partial charge in [0.15, 0.2) is 0 Å². The molecule has 3 aromatic rings. The molecule has 2 bridgehead atoms. The first-order chi connectivity index (χ1) is 12.6. The number of hydrogen-bond donors (Lipinski definition) is 0. The number of aromatic nitrogens is 3. The largest absolute Gasteiger partial charge is 0.348 e. The van der Waals surface area contributed by atoms with Crippen molar-refractivity contribution in [3.63, 3.8) is 0 Å². The fraction of sp³-hybridized carbons (Fsp3) is 0.238. The summed E-state index contributed by atoms with van der Waals surface area (Å²) in [5, 5.41) is 0. The fourth-order valence-corrected chi connectivity index (χ4v) is 4.59. The number of allylic oxidation sites excluding steroid dienone is 2. The van der Waals surface area contributed by atoms with Crippen molar-refractivity contribution in [2.45, 2.75) is 23.9 Å². The van der Waals surface area contributed by atoms with Gasteiger partial charge in [0.05, 0.1) is 0 Å². The topological polar surface area (TPSA) is 48.9 Å². The summed E-state index contributed by atoms with van der Waals surface area (Å²) in [5.41, 5.74) is 0.273. The van der Waals surface area contributed by atoms with Crippen molar-refractivity contribution in [1.82, 2.24) is 13.9 Å². The highest BCUT2D eigenvalue weighted by Crippen LogP contribution is 2.48. The molecule has 0 saturated carbocycles. The van der Waals surface area contributed by atoms with Crippen LogP contribution in [0.2, 0.25) is 0 Å². The van der Waals surface area contributed by atoms with Crippen LogP contribution in [-0.2, 0) is 18.1 Å². The summed E-state index contributed by atoms with van der Waals surface area (Å²) in [6.45, 7) is 0. The molecule has 130 valence electrons. The van der Waals surface area contributed by atoms with Crippen LogP contribution in [0.15, 0.2) is 82.4 Å². The quantitative estimate of drug-likeness (QED) is 0.669. The molecule has 5 heteroatoms. The lowest BCUT2D eigenvalue weighted by Crippen LogP contribution is -2.59. The third-order valence-electron chi connectivity index (χ3n) is 5.96. The maximum atomic E-state index is 13.0. The van der Waals surface area contributed by atoms with Crippen LogP contribution in [-0.4, -0.2) is 13.9 Å². The Hall–Kier alpha value is -3.08. The molecule has 0 N–H and O–H groups in total. The monoisotopic (exact) mass is 345 g/mol. The lowest BCUT2D eigenvalue weighted by atomic mass is 9.70. The number of rotatable bonds is 2. The van der Waals surface area contributed by atoms with Gasteiger partial charge < -0.3 is 0 Å². The van der Waals surface area contributed by atoms with Gasteiger partial charge in [-0.05, 0) is 24.0 Å². The van der Waals surface area contributed by atoms with E-state index in [9.17, 15) is 9.59 Å². The molecule has 3 aliphatic rings. The van der Waals surface area contributed by atoms with Crippen LogP contribution in [0.5, 0.6) is 0 Å². The standard InChI is InChI=1S/C21H19N3O2/c1-22-18(25)23-20(16-8-4-2-5-9-16)12-14-21(15-13-20,24(23)19(22)26)17-10-6-3-7-11-17/h2-12,14H,13,15H2,1H3. The summed E-state index contributed by atoms with van der Waals surface area (Å²) in [6, 6.07) is 19.9. The molecule has 0 radical (unpaired) electrons. The second-order valence-electron chi connectivity index (χ2n) is 7.16. The van der Waals surface area contributed by atoms with Crippen molar-refractivity contribution in [2.75, 3.05) is 0 Å². The van der Waals surface area contributed by atoms with Gasteiger partial charge in [0.2, 0.25) is 0 Å². The maximum absolute atomic E-state index is 13.0. The molecule has 0 saturated heterocycles. The van der Waals surface area contributed by atoms with Gasteiger partial charge in [-0.2, -0.15) is 0 Å². The van der Waals surface area contributed by atoms with E-state index < -0.39 is 11.1 Å². The summed E-state index contributed by atoms with van der Waals surface area (Å²) in [6.07, 6.45) is 5.76. The minimum absolute atomic E-state index is 0.275. The van der Waals surface area contributed by atoms with E-state index in [1.165, 1.54) is 4.57 Å². The van der Waals surface area contributed by atoms with Gasteiger partial charge in [-0.15, -0.1) is 0 Å². The zero-order valence-electron chi connectivity index (χ0n) is 14.5. The Balaban J connectivity index is 1.90. The van der Waals surface area contributed by atoms with Crippen molar-refractivity contribution in [2.24, 2.45) is 7.05 Å². The molecule has 0 fully saturated rings. The molecular formula is C21H19N3O2. The van der Waals surface area contributed by atoms with Crippen molar-refractivity contribution < 1.29 is 0 Å². The Labute approximate surface area is 150 Å². The average molecular weight is 345 g/mol. The molecule has 1 aliphatic carbocycles. The van der Waals surface area contributed by atoms with Crippen LogP contribution >= 0.6 is 0 Å². The highest BCUT2D eigenvalue weighted by atomic mass is 16.2.